The summed E-state index contributed by atoms with van der Waals surface area (Å²) in [6.45, 7) is 4.40. The van der Waals surface area contributed by atoms with Crippen molar-refractivity contribution in [2.24, 2.45) is 0 Å². The summed E-state index contributed by atoms with van der Waals surface area (Å²) < 4.78 is 11.5. The SMILES string of the molecule is CCc1ccccc1OCc1nnc(-c2ccccc2C)o1. The van der Waals surface area contributed by atoms with E-state index < -0.39 is 0 Å². The van der Waals surface area contributed by atoms with Crippen molar-refractivity contribution < 1.29 is 9.15 Å². The molecule has 112 valence electrons. The van der Waals surface area contributed by atoms with Crippen LogP contribution in [0.3, 0.4) is 0 Å². The molecule has 0 saturated carbocycles. The van der Waals surface area contributed by atoms with E-state index in [0.717, 1.165) is 23.3 Å². The Bertz CT molecular complexity index is 765. The fourth-order valence-corrected chi connectivity index (χ4v) is 2.31. The molecule has 0 unspecified atom stereocenters. The molecule has 0 saturated heterocycles. The zero-order chi connectivity index (χ0) is 15.4. The average molecular weight is 294 g/mol. The molecule has 2 aromatic carbocycles. The lowest BCUT2D eigenvalue weighted by Gasteiger charge is -2.07. The van der Waals surface area contributed by atoms with Crippen LogP contribution in [-0.2, 0) is 13.0 Å². The van der Waals surface area contributed by atoms with E-state index in [9.17, 15) is 0 Å². The first-order valence-corrected chi connectivity index (χ1v) is 7.37. The number of para-hydroxylation sites is 1. The maximum absolute atomic E-state index is 5.80. The number of aromatic nitrogens is 2. The molecule has 22 heavy (non-hydrogen) atoms. The van der Waals surface area contributed by atoms with E-state index in [1.165, 1.54) is 5.56 Å². The van der Waals surface area contributed by atoms with Crippen LogP contribution in [0.25, 0.3) is 11.5 Å². The van der Waals surface area contributed by atoms with Gasteiger partial charge in [-0.15, -0.1) is 10.2 Å². The van der Waals surface area contributed by atoms with Crippen LogP contribution in [0.2, 0.25) is 0 Å². The first-order valence-electron chi connectivity index (χ1n) is 7.37. The van der Waals surface area contributed by atoms with Crippen LogP contribution in [0.5, 0.6) is 5.75 Å². The van der Waals surface area contributed by atoms with Gasteiger partial charge in [0.2, 0.25) is 5.89 Å². The normalized spacial score (nSPS) is 10.6. The maximum Gasteiger partial charge on any atom is 0.254 e. The fraction of sp³-hybridized carbons (Fsp3) is 0.222. The first kappa shape index (κ1) is 14.3. The summed E-state index contributed by atoms with van der Waals surface area (Å²) in [5, 5.41) is 8.17. The molecule has 0 aliphatic carbocycles. The summed E-state index contributed by atoms with van der Waals surface area (Å²) in [5.74, 6) is 1.87. The molecular formula is C18H18N2O2. The van der Waals surface area contributed by atoms with Crippen molar-refractivity contribution in [1.82, 2.24) is 10.2 Å². The van der Waals surface area contributed by atoms with Crippen molar-refractivity contribution in [3.8, 4) is 17.2 Å². The fourth-order valence-electron chi connectivity index (χ4n) is 2.31. The highest BCUT2D eigenvalue weighted by Gasteiger charge is 2.11. The smallest absolute Gasteiger partial charge is 0.254 e. The van der Waals surface area contributed by atoms with Crippen LogP contribution in [0, 0.1) is 6.92 Å². The minimum Gasteiger partial charge on any atom is -0.484 e. The monoisotopic (exact) mass is 294 g/mol. The Kier molecular flexibility index (Phi) is 4.19. The van der Waals surface area contributed by atoms with Gasteiger partial charge < -0.3 is 9.15 Å². The predicted molar refractivity (Wildman–Crippen MR) is 84.6 cm³/mol. The molecule has 4 heteroatoms. The lowest BCUT2D eigenvalue weighted by molar-refractivity contribution is 0.262. The number of nitrogens with zero attached hydrogens (tertiary/aromatic N) is 2. The predicted octanol–water partition coefficient (Wildman–Crippen LogP) is 4.19. The standard InChI is InChI=1S/C18H18N2O2/c1-3-14-9-5-7-11-16(14)21-12-17-19-20-18(22-17)15-10-6-4-8-13(15)2/h4-11H,3,12H2,1-2H3. The van der Waals surface area contributed by atoms with Gasteiger partial charge in [-0.05, 0) is 36.6 Å². The van der Waals surface area contributed by atoms with Crippen molar-refractivity contribution in [2.45, 2.75) is 26.9 Å². The molecule has 1 heterocycles. The summed E-state index contributed by atoms with van der Waals surface area (Å²) in [5.41, 5.74) is 3.23. The number of ether oxygens (including phenoxy) is 1. The van der Waals surface area contributed by atoms with E-state index in [2.05, 4.69) is 23.2 Å². The molecule has 0 bridgehead atoms. The van der Waals surface area contributed by atoms with Crippen LogP contribution in [0.1, 0.15) is 23.9 Å². The number of rotatable bonds is 5. The second-order valence-corrected chi connectivity index (χ2v) is 5.07. The zero-order valence-corrected chi connectivity index (χ0v) is 12.7. The molecule has 0 fully saturated rings. The van der Waals surface area contributed by atoms with Gasteiger partial charge in [-0.2, -0.15) is 0 Å². The molecule has 0 spiro atoms. The lowest BCUT2D eigenvalue weighted by atomic mass is 10.1. The Morgan fingerprint density at radius 3 is 2.59 bits per heavy atom. The summed E-state index contributed by atoms with van der Waals surface area (Å²) in [4.78, 5) is 0. The summed E-state index contributed by atoms with van der Waals surface area (Å²) in [6, 6.07) is 15.9. The van der Waals surface area contributed by atoms with Gasteiger partial charge in [0, 0.05) is 5.56 Å². The molecule has 3 aromatic rings. The molecular weight excluding hydrogens is 276 g/mol. The van der Waals surface area contributed by atoms with Crippen molar-refractivity contribution in [3.05, 3.63) is 65.5 Å². The van der Waals surface area contributed by atoms with Gasteiger partial charge in [0.15, 0.2) is 6.61 Å². The van der Waals surface area contributed by atoms with Gasteiger partial charge in [-0.3, -0.25) is 0 Å². The third kappa shape index (κ3) is 3.01. The Hall–Kier alpha value is -2.62. The molecule has 0 radical (unpaired) electrons. The number of hydrogen-bond donors (Lipinski definition) is 0. The van der Waals surface area contributed by atoms with Crippen LogP contribution < -0.4 is 4.74 Å². The first-order chi connectivity index (χ1) is 10.8. The Morgan fingerprint density at radius 1 is 1.00 bits per heavy atom. The molecule has 4 nitrogen and oxygen atoms in total. The van der Waals surface area contributed by atoms with E-state index in [1.54, 1.807) is 0 Å². The van der Waals surface area contributed by atoms with E-state index in [-0.39, 0.29) is 6.61 Å². The quantitative estimate of drug-likeness (QED) is 0.708. The second-order valence-electron chi connectivity index (χ2n) is 5.07. The summed E-state index contributed by atoms with van der Waals surface area (Å²) >= 11 is 0. The van der Waals surface area contributed by atoms with Crippen LogP contribution >= 0.6 is 0 Å². The Labute approximate surface area is 129 Å². The van der Waals surface area contributed by atoms with Crippen LogP contribution in [0.4, 0.5) is 0 Å². The van der Waals surface area contributed by atoms with Gasteiger partial charge in [-0.1, -0.05) is 43.3 Å². The molecule has 0 amide bonds. The largest absolute Gasteiger partial charge is 0.484 e. The molecule has 0 N–H and O–H groups in total. The van der Waals surface area contributed by atoms with Crippen molar-refractivity contribution in [2.75, 3.05) is 0 Å². The maximum atomic E-state index is 5.80. The highest BCUT2D eigenvalue weighted by molar-refractivity contribution is 5.57. The summed E-state index contributed by atoms with van der Waals surface area (Å²) in [7, 11) is 0. The van der Waals surface area contributed by atoms with Crippen molar-refractivity contribution in [3.63, 3.8) is 0 Å². The molecule has 1 aromatic heterocycles. The van der Waals surface area contributed by atoms with E-state index in [0.29, 0.717) is 11.8 Å². The molecule has 0 atom stereocenters. The Morgan fingerprint density at radius 2 is 1.77 bits per heavy atom. The average Bonchev–Trinajstić information content (AvgIpc) is 3.02. The van der Waals surface area contributed by atoms with Gasteiger partial charge in [0.1, 0.15) is 5.75 Å². The molecule has 3 rings (SSSR count). The van der Waals surface area contributed by atoms with Crippen LogP contribution in [0.15, 0.2) is 52.9 Å². The lowest BCUT2D eigenvalue weighted by Crippen LogP contribution is -1.98. The van der Waals surface area contributed by atoms with Crippen molar-refractivity contribution >= 4 is 0 Å². The zero-order valence-electron chi connectivity index (χ0n) is 12.7. The minimum absolute atomic E-state index is 0.274. The topological polar surface area (TPSA) is 48.2 Å². The van der Waals surface area contributed by atoms with Gasteiger partial charge in [0.25, 0.3) is 5.89 Å². The van der Waals surface area contributed by atoms with E-state index in [4.69, 9.17) is 9.15 Å². The third-order valence-electron chi connectivity index (χ3n) is 3.55. The highest BCUT2D eigenvalue weighted by Crippen LogP contribution is 2.23. The van der Waals surface area contributed by atoms with Gasteiger partial charge in [0.05, 0.1) is 0 Å². The van der Waals surface area contributed by atoms with E-state index in [1.807, 2.05) is 49.4 Å². The second kappa shape index (κ2) is 6.43. The minimum atomic E-state index is 0.274. The van der Waals surface area contributed by atoms with Gasteiger partial charge in [-0.25, -0.2) is 0 Å². The highest BCUT2D eigenvalue weighted by atomic mass is 16.5. The third-order valence-corrected chi connectivity index (χ3v) is 3.55. The van der Waals surface area contributed by atoms with E-state index >= 15 is 0 Å². The van der Waals surface area contributed by atoms with Gasteiger partial charge >= 0.3 is 0 Å². The summed E-state index contributed by atoms with van der Waals surface area (Å²) in [6.07, 6.45) is 0.925. The number of aryl methyl sites for hydroxylation is 2. The number of benzene rings is 2. The Balaban J connectivity index is 1.74. The molecule has 0 aliphatic heterocycles. The van der Waals surface area contributed by atoms with Crippen LogP contribution in [-0.4, -0.2) is 10.2 Å². The van der Waals surface area contributed by atoms with Crippen molar-refractivity contribution in [1.29, 1.82) is 0 Å². The number of hydrogen-bond acceptors (Lipinski definition) is 4. The molecule has 0 aliphatic rings.